The number of nitrogens with two attached hydrogens (primary N) is 1. The molecule has 136 valence electrons. The third-order valence-electron chi connectivity index (χ3n) is 3.51. The molecular formula is C16H21ClN4O3S. The molecule has 2 aromatic rings. The van der Waals surface area contributed by atoms with Crippen molar-refractivity contribution < 1.29 is 9.72 Å². The molecule has 0 spiro atoms. The number of carbonyl (C=O) groups excluding carboxylic acids is 1. The Bertz CT molecular complexity index is 718. The van der Waals surface area contributed by atoms with Gasteiger partial charge in [-0.05, 0) is 26.0 Å². The number of benzene rings is 1. The van der Waals surface area contributed by atoms with Crippen LogP contribution in [0.2, 0.25) is 0 Å². The number of hydrogen-bond donors (Lipinski definition) is 1. The zero-order valence-electron chi connectivity index (χ0n) is 14.0. The maximum atomic E-state index is 12.7. The third-order valence-corrected chi connectivity index (χ3v) is 4.42. The van der Waals surface area contributed by atoms with Gasteiger partial charge in [-0.3, -0.25) is 14.9 Å². The van der Waals surface area contributed by atoms with Crippen LogP contribution in [-0.4, -0.2) is 33.3 Å². The molecule has 1 amide bonds. The average molecular weight is 385 g/mol. The number of nitrogens with zero attached hydrogens (tertiary/aromatic N) is 3. The smallest absolute Gasteiger partial charge is 0.273 e. The lowest BCUT2D eigenvalue weighted by atomic mass is 10.1. The van der Waals surface area contributed by atoms with E-state index in [9.17, 15) is 14.9 Å². The Morgan fingerprint density at radius 3 is 2.52 bits per heavy atom. The first kappa shape index (κ1) is 21.0. The number of amides is 1. The van der Waals surface area contributed by atoms with Crippen LogP contribution in [0, 0.1) is 10.1 Å². The van der Waals surface area contributed by atoms with E-state index >= 15 is 0 Å². The highest BCUT2D eigenvalue weighted by molar-refractivity contribution is 7.09. The zero-order chi connectivity index (χ0) is 17.7. The van der Waals surface area contributed by atoms with Crippen molar-refractivity contribution in [2.75, 3.05) is 6.54 Å². The van der Waals surface area contributed by atoms with E-state index in [1.807, 2.05) is 13.8 Å². The van der Waals surface area contributed by atoms with Crippen molar-refractivity contribution in [1.82, 2.24) is 9.88 Å². The van der Waals surface area contributed by atoms with Crippen LogP contribution in [-0.2, 0) is 13.0 Å². The summed E-state index contributed by atoms with van der Waals surface area (Å²) in [7, 11) is 0. The Kier molecular flexibility index (Phi) is 7.95. The molecular weight excluding hydrogens is 364 g/mol. The SMILES string of the molecule is CC(C)N(Cc1ccc([N+](=O)[O-])cc1)C(=O)c1csc(CCN)n1.Cl. The highest BCUT2D eigenvalue weighted by atomic mass is 35.5. The fraction of sp³-hybridized carbons (Fsp3) is 0.375. The molecule has 0 saturated heterocycles. The Labute approximate surface area is 156 Å². The third kappa shape index (κ3) is 5.48. The molecule has 1 aromatic carbocycles. The first-order valence-electron chi connectivity index (χ1n) is 7.61. The quantitative estimate of drug-likeness (QED) is 0.583. The molecule has 2 N–H and O–H groups in total. The van der Waals surface area contributed by atoms with Crippen molar-refractivity contribution in [3.63, 3.8) is 0 Å². The number of nitro groups is 1. The molecule has 2 rings (SSSR count). The van der Waals surface area contributed by atoms with Crippen molar-refractivity contribution in [3.05, 3.63) is 56.0 Å². The van der Waals surface area contributed by atoms with Crippen LogP contribution in [0.3, 0.4) is 0 Å². The Morgan fingerprint density at radius 1 is 1.36 bits per heavy atom. The van der Waals surface area contributed by atoms with Gasteiger partial charge in [0.05, 0.1) is 9.93 Å². The summed E-state index contributed by atoms with van der Waals surface area (Å²) in [5.74, 6) is -0.150. The van der Waals surface area contributed by atoms with E-state index in [0.29, 0.717) is 25.2 Å². The van der Waals surface area contributed by atoms with Gasteiger partial charge in [0.25, 0.3) is 11.6 Å². The molecule has 25 heavy (non-hydrogen) atoms. The minimum Gasteiger partial charge on any atom is -0.331 e. The largest absolute Gasteiger partial charge is 0.331 e. The van der Waals surface area contributed by atoms with Crippen LogP contribution in [0.4, 0.5) is 5.69 Å². The summed E-state index contributed by atoms with van der Waals surface area (Å²) in [4.78, 5) is 29.0. The van der Waals surface area contributed by atoms with Gasteiger partial charge in [-0.1, -0.05) is 12.1 Å². The van der Waals surface area contributed by atoms with Gasteiger partial charge in [0.2, 0.25) is 0 Å². The van der Waals surface area contributed by atoms with Gasteiger partial charge >= 0.3 is 0 Å². The van der Waals surface area contributed by atoms with Crippen molar-refractivity contribution in [3.8, 4) is 0 Å². The molecule has 0 aliphatic heterocycles. The highest BCUT2D eigenvalue weighted by Crippen LogP contribution is 2.18. The molecule has 0 radical (unpaired) electrons. The molecule has 7 nitrogen and oxygen atoms in total. The van der Waals surface area contributed by atoms with E-state index in [4.69, 9.17) is 5.73 Å². The minimum absolute atomic E-state index is 0. The highest BCUT2D eigenvalue weighted by Gasteiger charge is 2.21. The van der Waals surface area contributed by atoms with Crippen LogP contribution in [0.25, 0.3) is 0 Å². The fourth-order valence-electron chi connectivity index (χ4n) is 2.20. The van der Waals surface area contributed by atoms with Crippen LogP contribution >= 0.6 is 23.7 Å². The molecule has 0 atom stereocenters. The van der Waals surface area contributed by atoms with Crippen molar-refractivity contribution >= 4 is 35.3 Å². The van der Waals surface area contributed by atoms with E-state index in [1.54, 1.807) is 22.4 Å². The molecule has 0 unspecified atom stereocenters. The van der Waals surface area contributed by atoms with Crippen LogP contribution in [0.15, 0.2) is 29.6 Å². The number of aromatic nitrogens is 1. The zero-order valence-corrected chi connectivity index (χ0v) is 15.7. The molecule has 1 aromatic heterocycles. The first-order chi connectivity index (χ1) is 11.4. The van der Waals surface area contributed by atoms with Gasteiger partial charge in [0, 0.05) is 36.5 Å². The topological polar surface area (TPSA) is 102 Å². The lowest BCUT2D eigenvalue weighted by molar-refractivity contribution is -0.384. The van der Waals surface area contributed by atoms with Crippen molar-refractivity contribution in [2.45, 2.75) is 32.9 Å². The predicted octanol–water partition coefficient (Wildman–Crippen LogP) is 3.03. The van der Waals surface area contributed by atoms with Crippen molar-refractivity contribution in [1.29, 1.82) is 0 Å². The van der Waals surface area contributed by atoms with Gasteiger partial charge in [-0.15, -0.1) is 23.7 Å². The fourth-order valence-corrected chi connectivity index (χ4v) is 2.99. The maximum absolute atomic E-state index is 12.7. The lowest BCUT2D eigenvalue weighted by Crippen LogP contribution is -2.36. The molecule has 0 aliphatic rings. The van der Waals surface area contributed by atoms with Gasteiger partial charge in [0.15, 0.2) is 0 Å². The van der Waals surface area contributed by atoms with E-state index < -0.39 is 4.92 Å². The van der Waals surface area contributed by atoms with E-state index in [-0.39, 0.29) is 30.0 Å². The van der Waals surface area contributed by atoms with Gasteiger partial charge < -0.3 is 10.6 Å². The van der Waals surface area contributed by atoms with Crippen LogP contribution in [0.1, 0.15) is 34.9 Å². The van der Waals surface area contributed by atoms with Crippen LogP contribution in [0.5, 0.6) is 0 Å². The predicted molar refractivity (Wildman–Crippen MR) is 100 cm³/mol. The first-order valence-corrected chi connectivity index (χ1v) is 8.49. The normalized spacial score (nSPS) is 10.4. The second-order valence-corrected chi connectivity index (χ2v) is 6.56. The second kappa shape index (κ2) is 9.45. The van der Waals surface area contributed by atoms with Crippen LogP contribution < -0.4 is 5.73 Å². The summed E-state index contributed by atoms with van der Waals surface area (Å²) in [5.41, 5.74) is 6.80. The summed E-state index contributed by atoms with van der Waals surface area (Å²) in [6.45, 7) is 4.73. The summed E-state index contributed by atoms with van der Waals surface area (Å²) in [6, 6.07) is 6.21. The Balaban J connectivity index is 0.00000312. The summed E-state index contributed by atoms with van der Waals surface area (Å²) in [6.07, 6.45) is 0.655. The molecule has 9 heteroatoms. The number of nitro benzene ring substituents is 1. The molecule has 0 aliphatic carbocycles. The lowest BCUT2D eigenvalue weighted by Gasteiger charge is -2.26. The second-order valence-electron chi connectivity index (χ2n) is 5.62. The standard InChI is InChI=1S/C16H20N4O3S.ClH/c1-11(2)19(9-12-3-5-13(6-4-12)20(22)23)16(21)14-10-24-15(18-14)7-8-17;/h3-6,10-11H,7-9,17H2,1-2H3;1H. The summed E-state index contributed by atoms with van der Waals surface area (Å²) in [5, 5.41) is 13.3. The van der Waals surface area contributed by atoms with E-state index in [0.717, 1.165) is 10.6 Å². The molecule has 0 bridgehead atoms. The van der Waals surface area contributed by atoms with Gasteiger partial charge in [-0.2, -0.15) is 0 Å². The molecule has 0 fully saturated rings. The number of non-ortho nitro benzene ring substituents is 1. The number of thiazole rings is 1. The monoisotopic (exact) mass is 384 g/mol. The number of hydrogen-bond acceptors (Lipinski definition) is 6. The van der Waals surface area contributed by atoms with E-state index in [2.05, 4.69) is 4.98 Å². The Morgan fingerprint density at radius 2 is 2.00 bits per heavy atom. The summed E-state index contributed by atoms with van der Waals surface area (Å²) >= 11 is 1.43. The minimum atomic E-state index is -0.441. The average Bonchev–Trinajstić information content (AvgIpc) is 3.01. The Hall–Kier alpha value is -2.03. The van der Waals surface area contributed by atoms with E-state index in [1.165, 1.54) is 23.5 Å². The van der Waals surface area contributed by atoms with Gasteiger partial charge in [0.1, 0.15) is 5.69 Å². The number of rotatable bonds is 7. The molecule has 0 saturated carbocycles. The summed E-state index contributed by atoms with van der Waals surface area (Å²) < 4.78 is 0. The van der Waals surface area contributed by atoms with Gasteiger partial charge in [-0.25, -0.2) is 4.98 Å². The number of halogens is 1. The molecule has 1 heterocycles. The maximum Gasteiger partial charge on any atom is 0.273 e. The van der Waals surface area contributed by atoms with Crippen molar-refractivity contribution in [2.24, 2.45) is 5.73 Å². The number of carbonyl (C=O) groups is 1.